The Morgan fingerprint density at radius 3 is 2.06 bits per heavy atom. The maximum Gasteiger partial charge on any atom is 0.243 e. The quantitative estimate of drug-likeness (QED) is 0.595. The summed E-state index contributed by atoms with van der Waals surface area (Å²) in [6.07, 6.45) is 3.05. The number of hydrogen-bond donors (Lipinski definition) is 0. The number of hydrogen-bond acceptors (Lipinski definition) is 6. The number of sulfonamides is 1. The van der Waals surface area contributed by atoms with Crippen LogP contribution in [0.4, 0.5) is 0 Å². The molecule has 1 amide bonds. The first kappa shape index (κ1) is 24.3. The number of ether oxygens (including phenoxy) is 3. The molecule has 2 saturated heterocycles. The van der Waals surface area contributed by atoms with Crippen LogP contribution in [0.5, 0.6) is 17.2 Å². The Morgan fingerprint density at radius 2 is 1.50 bits per heavy atom. The molecule has 4 rings (SSSR count). The third-order valence-electron chi connectivity index (χ3n) is 6.77. The van der Waals surface area contributed by atoms with Gasteiger partial charge in [-0.3, -0.25) is 4.79 Å². The molecule has 34 heavy (non-hydrogen) atoms. The van der Waals surface area contributed by atoms with Crippen molar-refractivity contribution < 1.29 is 27.4 Å². The zero-order valence-electron chi connectivity index (χ0n) is 19.9. The Balaban J connectivity index is 1.74. The molecule has 2 aliphatic rings. The molecule has 0 unspecified atom stereocenters. The van der Waals surface area contributed by atoms with Gasteiger partial charge in [0, 0.05) is 32.1 Å². The van der Waals surface area contributed by atoms with Gasteiger partial charge in [-0.2, -0.15) is 4.31 Å². The number of likely N-dealkylation sites (tertiary alicyclic amines) is 1. The van der Waals surface area contributed by atoms with Crippen LogP contribution >= 0.6 is 0 Å². The zero-order chi connectivity index (χ0) is 24.3. The van der Waals surface area contributed by atoms with E-state index in [0.717, 1.165) is 24.8 Å². The fourth-order valence-corrected chi connectivity index (χ4v) is 6.47. The predicted octanol–water partition coefficient (Wildman–Crippen LogP) is 3.13. The minimum absolute atomic E-state index is 0.00390. The van der Waals surface area contributed by atoms with Crippen molar-refractivity contribution in [2.75, 3.05) is 47.5 Å². The fourth-order valence-electron chi connectivity index (χ4n) is 4.96. The molecular formula is C25H32N2O6S. The number of nitrogens with zero attached hydrogens (tertiary/aromatic N) is 2. The van der Waals surface area contributed by atoms with Crippen molar-refractivity contribution in [3.63, 3.8) is 0 Å². The van der Waals surface area contributed by atoms with Crippen molar-refractivity contribution in [1.29, 1.82) is 0 Å². The van der Waals surface area contributed by atoms with Crippen molar-refractivity contribution in [3.05, 3.63) is 48.0 Å². The predicted molar refractivity (Wildman–Crippen MR) is 128 cm³/mol. The molecule has 2 atom stereocenters. The molecule has 2 aliphatic heterocycles. The number of piperidine rings is 1. The minimum Gasteiger partial charge on any atom is -0.493 e. The first-order valence-electron chi connectivity index (χ1n) is 11.5. The number of amides is 1. The van der Waals surface area contributed by atoms with Gasteiger partial charge in [-0.25, -0.2) is 8.42 Å². The molecule has 0 spiro atoms. The molecule has 2 aromatic rings. The van der Waals surface area contributed by atoms with Crippen molar-refractivity contribution in [2.45, 2.75) is 30.1 Å². The molecule has 2 heterocycles. The first-order valence-corrected chi connectivity index (χ1v) is 13.0. The number of carbonyl (C=O) groups excluding carboxylic acids is 1. The van der Waals surface area contributed by atoms with E-state index < -0.39 is 15.9 Å². The Labute approximate surface area is 201 Å². The van der Waals surface area contributed by atoms with E-state index in [1.54, 1.807) is 30.3 Å². The van der Waals surface area contributed by atoms with Gasteiger partial charge in [0.25, 0.3) is 0 Å². The van der Waals surface area contributed by atoms with Crippen LogP contribution in [0.1, 0.15) is 30.7 Å². The fraction of sp³-hybridized carbons (Fsp3) is 0.480. The molecule has 9 heteroatoms. The van der Waals surface area contributed by atoms with Crippen LogP contribution in [0.15, 0.2) is 47.4 Å². The van der Waals surface area contributed by atoms with Crippen molar-refractivity contribution in [2.24, 2.45) is 5.92 Å². The highest BCUT2D eigenvalue weighted by Gasteiger charge is 2.45. The molecule has 0 bridgehead atoms. The lowest BCUT2D eigenvalue weighted by Crippen LogP contribution is -2.42. The maximum absolute atomic E-state index is 13.6. The molecule has 0 aliphatic carbocycles. The van der Waals surface area contributed by atoms with Crippen LogP contribution in [0.25, 0.3) is 0 Å². The van der Waals surface area contributed by atoms with Gasteiger partial charge < -0.3 is 19.1 Å². The Bertz CT molecular complexity index is 1090. The lowest BCUT2D eigenvalue weighted by molar-refractivity contribution is -0.136. The summed E-state index contributed by atoms with van der Waals surface area (Å²) in [7, 11) is 0.868. The molecule has 0 N–H and O–H groups in total. The van der Waals surface area contributed by atoms with Crippen LogP contribution in [0.2, 0.25) is 0 Å². The van der Waals surface area contributed by atoms with Crippen molar-refractivity contribution in [1.82, 2.24) is 9.21 Å². The number of benzene rings is 2. The summed E-state index contributed by atoms with van der Waals surface area (Å²) in [4.78, 5) is 15.8. The lowest BCUT2D eigenvalue weighted by atomic mass is 9.87. The number of rotatable bonds is 7. The average Bonchev–Trinajstić information content (AvgIpc) is 3.34. The highest BCUT2D eigenvalue weighted by atomic mass is 32.2. The van der Waals surface area contributed by atoms with Crippen LogP contribution in [0, 0.1) is 5.92 Å². The smallest absolute Gasteiger partial charge is 0.243 e. The van der Waals surface area contributed by atoms with Crippen LogP contribution in [-0.2, 0) is 14.8 Å². The summed E-state index contributed by atoms with van der Waals surface area (Å²) in [5, 5.41) is 0. The van der Waals surface area contributed by atoms with Crippen molar-refractivity contribution in [3.8, 4) is 17.2 Å². The standard InChI is InChI=1S/C25H32N2O6S/c1-31-22-14-18(15-23(32-2)24(22)33-3)20-16-27(34(29,30)19-10-6-4-7-11-19)17-21(20)25(28)26-12-8-5-9-13-26/h4,6-7,10-11,14-15,20-21H,5,8-9,12-13,16-17H2,1-3H3/t20-,21-/m0/s1. The third-order valence-corrected chi connectivity index (χ3v) is 8.61. The number of carbonyl (C=O) groups is 1. The molecule has 2 fully saturated rings. The van der Waals surface area contributed by atoms with Gasteiger partial charge in [0.15, 0.2) is 11.5 Å². The van der Waals surface area contributed by atoms with E-state index >= 15 is 0 Å². The topological polar surface area (TPSA) is 85.4 Å². The van der Waals surface area contributed by atoms with E-state index in [-0.39, 0.29) is 29.8 Å². The van der Waals surface area contributed by atoms with Gasteiger partial charge in [0.1, 0.15) is 0 Å². The Kier molecular flexibility index (Phi) is 7.33. The van der Waals surface area contributed by atoms with E-state index in [1.165, 1.54) is 25.6 Å². The monoisotopic (exact) mass is 488 g/mol. The van der Waals surface area contributed by atoms with Gasteiger partial charge >= 0.3 is 0 Å². The third kappa shape index (κ3) is 4.59. The highest BCUT2D eigenvalue weighted by Crippen LogP contribution is 2.44. The lowest BCUT2D eigenvalue weighted by Gasteiger charge is -2.31. The summed E-state index contributed by atoms with van der Waals surface area (Å²) < 4.78 is 44.8. The Hall–Kier alpha value is -2.78. The van der Waals surface area contributed by atoms with Crippen LogP contribution < -0.4 is 14.2 Å². The molecule has 2 aromatic carbocycles. The molecule has 0 aromatic heterocycles. The normalized spacial score (nSPS) is 21.3. The highest BCUT2D eigenvalue weighted by molar-refractivity contribution is 7.89. The molecule has 184 valence electrons. The average molecular weight is 489 g/mol. The van der Waals surface area contributed by atoms with Gasteiger partial charge in [-0.15, -0.1) is 0 Å². The largest absolute Gasteiger partial charge is 0.493 e. The van der Waals surface area contributed by atoms with E-state index in [4.69, 9.17) is 14.2 Å². The molecular weight excluding hydrogens is 456 g/mol. The van der Waals surface area contributed by atoms with E-state index in [1.807, 2.05) is 17.0 Å². The molecule has 8 nitrogen and oxygen atoms in total. The van der Waals surface area contributed by atoms with Crippen molar-refractivity contribution >= 4 is 15.9 Å². The second-order valence-corrected chi connectivity index (χ2v) is 10.6. The second kappa shape index (κ2) is 10.2. The molecule has 0 saturated carbocycles. The zero-order valence-corrected chi connectivity index (χ0v) is 20.7. The van der Waals surface area contributed by atoms with E-state index in [0.29, 0.717) is 30.3 Å². The second-order valence-electron chi connectivity index (χ2n) is 8.69. The van der Waals surface area contributed by atoms with Crippen LogP contribution in [-0.4, -0.2) is 71.0 Å². The SMILES string of the molecule is COc1cc([C@@H]2CN(S(=O)(=O)c3ccccc3)C[C@@H]2C(=O)N2CCCCC2)cc(OC)c1OC. The summed E-state index contributed by atoms with van der Waals surface area (Å²) >= 11 is 0. The Morgan fingerprint density at radius 1 is 0.882 bits per heavy atom. The van der Waals surface area contributed by atoms with Gasteiger partial charge in [-0.05, 0) is 49.1 Å². The number of methoxy groups -OCH3 is 3. The van der Waals surface area contributed by atoms with Crippen LogP contribution in [0.3, 0.4) is 0 Å². The minimum atomic E-state index is -3.75. The maximum atomic E-state index is 13.6. The van der Waals surface area contributed by atoms with Gasteiger partial charge in [0.2, 0.25) is 21.7 Å². The van der Waals surface area contributed by atoms with E-state index in [9.17, 15) is 13.2 Å². The molecule has 0 radical (unpaired) electrons. The summed E-state index contributed by atoms with van der Waals surface area (Å²) in [6, 6.07) is 12.0. The summed E-state index contributed by atoms with van der Waals surface area (Å²) in [5.41, 5.74) is 0.788. The van der Waals surface area contributed by atoms with Gasteiger partial charge in [-0.1, -0.05) is 18.2 Å². The van der Waals surface area contributed by atoms with E-state index in [2.05, 4.69) is 0 Å². The first-order chi connectivity index (χ1) is 16.4. The summed E-state index contributed by atoms with van der Waals surface area (Å²) in [6.45, 7) is 1.75. The summed E-state index contributed by atoms with van der Waals surface area (Å²) in [5.74, 6) is 0.570. The van der Waals surface area contributed by atoms with Gasteiger partial charge in [0.05, 0.1) is 32.1 Å².